The van der Waals surface area contributed by atoms with Gasteiger partial charge in [-0.1, -0.05) is 83.9 Å². The Bertz CT molecular complexity index is 2060. The van der Waals surface area contributed by atoms with Crippen LogP contribution in [0.4, 0.5) is 10.1 Å². The molecule has 0 radical (unpaired) electrons. The highest BCUT2D eigenvalue weighted by Crippen LogP contribution is 2.64. The number of rotatable bonds is 4. The fourth-order valence-electron chi connectivity index (χ4n) is 8.77. The van der Waals surface area contributed by atoms with Crippen molar-refractivity contribution in [3.8, 4) is 5.75 Å². The molecule has 4 aromatic carbocycles. The number of anilines is 1. The van der Waals surface area contributed by atoms with E-state index in [0.29, 0.717) is 11.8 Å². The average Bonchev–Trinajstić information content (AvgIpc) is 3.43. The number of phenolic OH excluding ortho intramolecular Hbond substituents is 1. The van der Waals surface area contributed by atoms with E-state index in [2.05, 4.69) is 0 Å². The number of hydrogen-bond acceptors (Lipinski definition) is 5. The molecule has 236 valence electrons. The van der Waals surface area contributed by atoms with Crippen molar-refractivity contribution < 1.29 is 28.7 Å². The molecule has 4 aliphatic rings. The molecule has 0 spiro atoms. The fourth-order valence-corrected chi connectivity index (χ4v) is 8.95. The third-order valence-electron chi connectivity index (χ3n) is 11.0. The summed E-state index contributed by atoms with van der Waals surface area (Å²) in [6, 6.07) is 23.9. The summed E-state index contributed by atoms with van der Waals surface area (Å²) >= 11 is 6.11. The molecule has 4 amide bonds. The zero-order chi connectivity index (χ0) is 32.8. The molecule has 4 aromatic rings. The number of likely N-dealkylation sites (tertiary alicyclic amines) is 1. The van der Waals surface area contributed by atoms with Crippen LogP contribution in [0.2, 0.25) is 5.02 Å². The van der Waals surface area contributed by atoms with Gasteiger partial charge in [-0.25, -0.2) is 9.29 Å². The lowest BCUT2D eigenvalue weighted by Gasteiger charge is -2.49. The normalized spacial score (nSPS) is 28.4. The molecular formula is C38H30ClFN2O5. The lowest BCUT2D eigenvalue weighted by molar-refractivity contribution is -0.141. The monoisotopic (exact) mass is 648 g/mol. The predicted octanol–water partition coefficient (Wildman–Crippen LogP) is 6.77. The molecule has 6 unspecified atom stereocenters. The minimum atomic E-state index is -1.29. The molecule has 2 saturated heterocycles. The number of carbonyl (C=O) groups is 4. The predicted molar refractivity (Wildman–Crippen MR) is 174 cm³/mol. The van der Waals surface area contributed by atoms with Crippen molar-refractivity contribution in [2.75, 3.05) is 4.90 Å². The van der Waals surface area contributed by atoms with Crippen molar-refractivity contribution in [2.45, 2.75) is 32.2 Å². The van der Waals surface area contributed by atoms with Gasteiger partial charge in [0.25, 0.3) is 0 Å². The number of fused-ring (bicyclic) bond motifs is 5. The lowest BCUT2D eigenvalue weighted by Crippen LogP contribution is -2.49. The topological polar surface area (TPSA) is 95.0 Å². The van der Waals surface area contributed by atoms with E-state index in [-0.39, 0.29) is 41.2 Å². The van der Waals surface area contributed by atoms with Crippen molar-refractivity contribution in [3.05, 3.63) is 119 Å². The van der Waals surface area contributed by atoms with Crippen LogP contribution in [0.5, 0.6) is 5.75 Å². The summed E-state index contributed by atoms with van der Waals surface area (Å²) in [7, 11) is 0. The zero-order valence-corrected chi connectivity index (χ0v) is 26.2. The van der Waals surface area contributed by atoms with Gasteiger partial charge in [-0.15, -0.1) is 0 Å². The van der Waals surface area contributed by atoms with Crippen LogP contribution in [0.3, 0.4) is 0 Å². The van der Waals surface area contributed by atoms with Crippen LogP contribution >= 0.6 is 11.6 Å². The highest BCUT2D eigenvalue weighted by molar-refractivity contribution is 6.31. The Morgan fingerprint density at radius 1 is 0.872 bits per heavy atom. The van der Waals surface area contributed by atoms with Gasteiger partial charge < -0.3 is 5.11 Å². The lowest BCUT2D eigenvalue weighted by atomic mass is 9.51. The van der Waals surface area contributed by atoms with Crippen molar-refractivity contribution in [1.82, 2.24) is 4.90 Å². The van der Waals surface area contributed by atoms with E-state index in [0.717, 1.165) is 33.1 Å². The standard InChI is InChI=1S/C38H30ClFN2O5/c1-38-28(35(45)42(37(38)47)21-11-15-30(40)29(39)17-21)18-27-25(33(38)24-14-16-31(43)23-10-6-5-9-22(23)24)12-13-26-32(27)36(46)41(34(26)44)19-20-7-3-2-4-8-20/h2-12,14-17,26-28,32-33,43H,13,18-19H2,1H3. The van der Waals surface area contributed by atoms with Crippen LogP contribution < -0.4 is 4.90 Å². The molecule has 6 atom stereocenters. The summed E-state index contributed by atoms with van der Waals surface area (Å²) in [6.45, 7) is 1.96. The summed E-state index contributed by atoms with van der Waals surface area (Å²) in [6.07, 6.45) is 2.54. The van der Waals surface area contributed by atoms with E-state index >= 15 is 0 Å². The van der Waals surface area contributed by atoms with Gasteiger partial charge >= 0.3 is 0 Å². The number of nitrogens with zero attached hydrogens (tertiary/aromatic N) is 2. The highest BCUT2D eigenvalue weighted by Gasteiger charge is 2.67. The molecule has 9 heteroatoms. The number of amides is 4. The van der Waals surface area contributed by atoms with Gasteiger partial charge in [0.1, 0.15) is 11.6 Å². The summed E-state index contributed by atoms with van der Waals surface area (Å²) in [5.74, 6) is -5.20. The van der Waals surface area contributed by atoms with E-state index in [1.807, 2.05) is 54.6 Å². The Labute approximate surface area is 275 Å². The molecule has 7 nitrogen and oxygen atoms in total. The molecule has 47 heavy (non-hydrogen) atoms. The van der Waals surface area contributed by atoms with Crippen LogP contribution in [-0.4, -0.2) is 33.6 Å². The zero-order valence-electron chi connectivity index (χ0n) is 25.4. The molecule has 0 bridgehead atoms. The van der Waals surface area contributed by atoms with E-state index in [9.17, 15) is 28.7 Å². The Morgan fingerprint density at radius 2 is 1.60 bits per heavy atom. The Hall–Kier alpha value is -4.82. The largest absolute Gasteiger partial charge is 0.507 e. The summed E-state index contributed by atoms with van der Waals surface area (Å²) < 4.78 is 14.2. The van der Waals surface area contributed by atoms with Crippen LogP contribution in [0, 0.1) is 34.9 Å². The number of halogens is 2. The molecule has 2 aliphatic heterocycles. The Balaban J connectivity index is 1.29. The first-order valence-electron chi connectivity index (χ1n) is 15.7. The smallest absolute Gasteiger partial charge is 0.241 e. The van der Waals surface area contributed by atoms with Crippen LogP contribution in [-0.2, 0) is 25.7 Å². The summed E-state index contributed by atoms with van der Waals surface area (Å²) in [5.41, 5.74) is 1.33. The maximum absolute atomic E-state index is 14.7. The van der Waals surface area contributed by atoms with Crippen molar-refractivity contribution >= 4 is 51.7 Å². The molecule has 2 aliphatic carbocycles. The summed E-state index contributed by atoms with van der Waals surface area (Å²) in [4.78, 5) is 59.5. The second-order valence-electron chi connectivity index (χ2n) is 13.2. The molecule has 2 heterocycles. The quantitative estimate of drug-likeness (QED) is 0.195. The first-order chi connectivity index (χ1) is 22.6. The van der Waals surface area contributed by atoms with Crippen LogP contribution in [0.15, 0.2) is 96.6 Å². The number of imide groups is 2. The van der Waals surface area contributed by atoms with E-state index < -0.39 is 52.6 Å². The molecular weight excluding hydrogens is 619 g/mol. The Kier molecular flexibility index (Phi) is 6.67. The second kappa shape index (κ2) is 10.6. The fraction of sp³-hybridized carbons (Fsp3) is 0.263. The number of hydrogen-bond donors (Lipinski definition) is 1. The van der Waals surface area contributed by atoms with Gasteiger partial charge in [0.2, 0.25) is 23.6 Å². The maximum atomic E-state index is 14.7. The second-order valence-corrected chi connectivity index (χ2v) is 13.6. The number of phenols is 1. The number of aromatic hydroxyl groups is 1. The number of benzene rings is 4. The SMILES string of the molecule is CC12C(=O)N(c3ccc(F)c(Cl)c3)C(=O)C1CC1C(=CCC3C(=O)N(Cc4ccccc4)C(=O)C31)C2c1ccc(O)c2ccccc12. The van der Waals surface area contributed by atoms with E-state index in [1.165, 1.54) is 17.0 Å². The minimum Gasteiger partial charge on any atom is -0.507 e. The first-order valence-corrected chi connectivity index (χ1v) is 16.1. The van der Waals surface area contributed by atoms with Gasteiger partial charge in [-0.05, 0) is 66.5 Å². The van der Waals surface area contributed by atoms with Gasteiger partial charge in [-0.3, -0.25) is 24.1 Å². The van der Waals surface area contributed by atoms with Crippen molar-refractivity contribution in [1.29, 1.82) is 0 Å². The average molecular weight is 649 g/mol. The van der Waals surface area contributed by atoms with E-state index in [4.69, 9.17) is 11.6 Å². The first kappa shape index (κ1) is 29.6. The number of allylic oxidation sites excluding steroid dienone is 2. The minimum absolute atomic E-state index is 0.0839. The molecule has 1 saturated carbocycles. The van der Waals surface area contributed by atoms with Gasteiger partial charge in [0, 0.05) is 11.3 Å². The van der Waals surface area contributed by atoms with Crippen LogP contribution in [0.25, 0.3) is 10.8 Å². The van der Waals surface area contributed by atoms with Crippen LogP contribution in [0.1, 0.15) is 36.8 Å². The van der Waals surface area contributed by atoms with Crippen molar-refractivity contribution in [3.63, 3.8) is 0 Å². The summed E-state index contributed by atoms with van der Waals surface area (Å²) in [5, 5.41) is 11.9. The van der Waals surface area contributed by atoms with E-state index in [1.54, 1.807) is 25.1 Å². The molecule has 8 rings (SSSR count). The number of carbonyl (C=O) groups excluding carboxylic acids is 4. The third kappa shape index (κ3) is 4.17. The molecule has 1 N–H and O–H groups in total. The maximum Gasteiger partial charge on any atom is 0.241 e. The van der Waals surface area contributed by atoms with Gasteiger partial charge in [0.15, 0.2) is 0 Å². The molecule has 3 fully saturated rings. The third-order valence-corrected chi connectivity index (χ3v) is 11.2. The Morgan fingerprint density at radius 3 is 2.34 bits per heavy atom. The van der Waals surface area contributed by atoms with Crippen molar-refractivity contribution in [2.24, 2.45) is 29.1 Å². The highest BCUT2D eigenvalue weighted by atomic mass is 35.5. The van der Waals surface area contributed by atoms with Gasteiger partial charge in [0.05, 0.1) is 40.4 Å². The van der Waals surface area contributed by atoms with Gasteiger partial charge in [-0.2, -0.15) is 0 Å². The molecule has 0 aromatic heterocycles.